The van der Waals surface area contributed by atoms with Crippen molar-refractivity contribution < 1.29 is 14.4 Å². The molecule has 0 aliphatic carbocycles. The van der Waals surface area contributed by atoms with Gasteiger partial charge in [0, 0.05) is 25.8 Å². The van der Waals surface area contributed by atoms with Crippen LogP contribution in [0, 0.1) is 11.3 Å². The Morgan fingerprint density at radius 2 is 1.71 bits per heavy atom. The number of rotatable bonds is 5. The Bertz CT molecular complexity index is 1020. The van der Waals surface area contributed by atoms with Crippen molar-refractivity contribution in [2.24, 2.45) is 0 Å². The van der Waals surface area contributed by atoms with Crippen molar-refractivity contribution in [3.63, 3.8) is 0 Å². The van der Waals surface area contributed by atoms with Crippen LogP contribution in [0.1, 0.15) is 0 Å². The van der Waals surface area contributed by atoms with E-state index in [9.17, 15) is 10.1 Å². The number of ether oxygens (including phenoxy) is 1. The summed E-state index contributed by atoms with van der Waals surface area (Å²) in [6.07, 6.45) is 0. The van der Waals surface area contributed by atoms with Crippen LogP contribution in [0.15, 0.2) is 59.9 Å². The smallest absolute Gasteiger partial charge is 0.231 e. The van der Waals surface area contributed by atoms with Gasteiger partial charge in [-0.2, -0.15) is 5.26 Å². The van der Waals surface area contributed by atoms with Crippen LogP contribution in [-0.4, -0.2) is 59.7 Å². The maximum absolute atomic E-state index is 13.1. The minimum Gasteiger partial charge on any atom is -0.497 e. The number of piperazine rings is 1. The van der Waals surface area contributed by atoms with Gasteiger partial charge in [-0.15, -0.1) is 0 Å². The lowest BCUT2D eigenvalue weighted by Gasteiger charge is -2.33. The Labute approximate surface area is 183 Å². The average molecular weight is 419 g/mol. The molecule has 2 aliphatic heterocycles. The third kappa shape index (κ3) is 3.94. The summed E-state index contributed by atoms with van der Waals surface area (Å²) >= 11 is 0. The molecule has 0 saturated carbocycles. The molecule has 0 bridgehead atoms. The SMILES string of the molecule is COc1cccc(N2CC[NH+](CC(=O)C(C#N)=C3N(C)c4ccccc4N3C)CC2)c1. The van der Waals surface area contributed by atoms with Crippen LogP contribution in [0.25, 0.3) is 0 Å². The van der Waals surface area contributed by atoms with E-state index >= 15 is 0 Å². The quantitative estimate of drug-likeness (QED) is 0.583. The Morgan fingerprint density at radius 1 is 1.06 bits per heavy atom. The molecular weight excluding hydrogens is 390 g/mol. The first-order valence-electron chi connectivity index (χ1n) is 10.5. The molecule has 4 rings (SSSR count). The number of ketones is 1. The van der Waals surface area contributed by atoms with Crippen molar-refractivity contribution in [3.05, 3.63) is 59.9 Å². The summed E-state index contributed by atoms with van der Waals surface area (Å²) < 4.78 is 5.33. The number of carbonyl (C=O) groups is 1. The number of fused-ring (bicyclic) bond motifs is 1. The summed E-state index contributed by atoms with van der Waals surface area (Å²) in [6.45, 7) is 3.75. The largest absolute Gasteiger partial charge is 0.497 e. The number of para-hydroxylation sites is 2. The highest BCUT2D eigenvalue weighted by Crippen LogP contribution is 2.40. The van der Waals surface area contributed by atoms with E-state index in [4.69, 9.17) is 4.74 Å². The van der Waals surface area contributed by atoms with Crippen LogP contribution in [0.4, 0.5) is 17.1 Å². The number of anilines is 3. The van der Waals surface area contributed by atoms with E-state index in [1.54, 1.807) is 7.11 Å². The van der Waals surface area contributed by atoms with Crippen LogP contribution in [-0.2, 0) is 4.79 Å². The maximum Gasteiger partial charge on any atom is 0.231 e. The molecule has 1 saturated heterocycles. The highest BCUT2D eigenvalue weighted by molar-refractivity contribution is 6.03. The Morgan fingerprint density at radius 3 is 2.29 bits per heavy atom. The minimum atomic E-state index is -0.103. The van der Waals surface area contributed by atoms with Crippen molar-refractivity contribution in [2.75, 3.05) is 68.6 Å². The van der Waals surface area contributed by atoms with Gasteiger partial charge in [-0.25, -0.2) is 0 Å². The Kier molecular flexibility index (Phi) is 5.83. The number of nitrogens with one attached hydrogen (secondary N) is 1. The van der Waals surface area contributed by atoms with Crippen molar-refractivity contribution in [2.45, 2.75) is 0 Å². The fraction of sp³-hybridized carbons (Fsp3) is 0.333. The number of nitrogens with zero attached hydrogens (tertiary/aromatic N) is 4. The molecule has 1 N–H and O–H groups in total. The molecule has 31 heavy (non-hydrogen) atoms. The molecule has 0 spiro atoms. The summed E-state index contributed by atoms with van der Waals surface area (Å²) in [5.74, 6) is 1.40. The summed E-state index contributed by atoms with van der Waals surface area (Å²) in [4.78, 5) is 20.5. The number of benzene rings is 2. The summed E-state index contributed by atoms with van der Waals surface area (Å²) in [5, 5.41) is 9.83. The highest BCUT2D eigenvalue weighted by atomic mass is 16.5. The molecule has 0 radical (unpaired) electrons. The summed E-state index contributed by atoms with van der Waals surface area (Å²) in [7, 11) is 5.48. The number of methoxy groups -OCH3 is 1. The van der Waals surface area contributed by atoms with Crippen LogP contribution in [0.5, 0.6) is 5.75 Å². The lowest BCUT2D eigenvalue weighted by atomic mass is 10.1. The third-order valence-corrected chi connectivity index (χ3v) is 6.15. The molecule has 0 aromatic heterocycles. The lowest BCUT2D eigenvalue weighted by molar-refractivity contribution is -0.892. The maximum atomic E-state index is 13.1. The fourth-order valence-electron chi connectivity index (χ4n) is 4.44. The van der Waals surface area contributed by atoms with Gasteiger partial charge in [0.15, 0.2) is 0 Å². The number of nitriles is 1. The van der Waals surface area contributed by atoms with Crippen LogP contribution in [0.3, 0.4) is 0 Å². The topological polar surface area (TPSA) is 64.2 Å². The molecule has 1 fully saturated rings. The number of hydrogen-bond acceptors (Lipinski definition) is 6. The van der Waals surface area contributed by atoms with Gasteiger partial charge in [-0.1, -0.05) is 18.2 Å². The predicted molar refractivity (Wildman–Crippen MR) is 122 cm³/mol. The van der Waals surface area contributed by atoms with E-state index in [0.717, 1.165) is 49.0 Å². The number of Topliss-reactive ketones (excluding diaryl/α,β-unsaturated/α-hetero) is 1. The average Bonchev–Trinajstić information content (AvgIpc) is 3.06. The van der Waals surface area contributed by atoms with Gasteiger partial charge in [-0.05, 0) is 24.3 Å². The fourth-order valence-corrected chi connectivity index (χ4v) is 4.44. The third-order valence-electron chi connectivity index (χ3n) is 6.15. The highest BCUT2D eigenvalue weighted by Gasteiger charge is 2.33. The molecule has 7 nitrogen and oxygen atoms in total. The van der Waals surface area contributed by atoms with E-state index in [1.165, 1.54) is 4.90 Å². The van der Waals surface area contributed by atoms with Crippen molar-refractivity contribution in [1.82, 2.24) is 0 Å². The van der Waals surface area contributed by atoms with Gasteiger partial charge in [0.1, 0.15) is 29.8 Å². The van der Waals surface area contributed by atoms with E-state index < -0.39 is 0 Å². The summed E-state index contributed by atoms with van der Waals surface area (Å²) in [6, 6.07) is 18.2. The Hall–Kier alpha value is -3.50. The van der Waals surface area contributed by atoms with Crippen molar-refractivity contribution in [1.29, 1.82) is 5.26 Å². The van der Waals surface area contributed by atoms with Crippen molar-refractivity contribution in [3.8, 4) is 11.8 Å². The first-order valence-corrected chi connectivity index (χ1v) is 10.5. The van der Waals surface area contributed by atoms with Gasteiger partial charge < -0.3 is 24.3 Å². The zero-order valence-corrected chi connectivity index (χ0v) is 18.3. The van der Waals surface area contributed by atoms with E-state index in [1.807, 2.05) is 66.4 Å². The minimum absolute atomic E-state index is 0.103. The second kappa shape index (κ2) is 8.70. The molecule has 0 atom stereocenters. The molecule has 160 valence electrons. The lowest BCUT2D eigenvalue weighted by Crippen LogP contribution is -3.15. The molecular formula is C24H28N5O2+. The van der Waals surface area contributed by atoms with E-state index in [0.29, 0.717) is 12.4 Å². The second-order valence-electron chi connectivity index (χ2n) is 7.96. The zero-order chi connectivity index (χ0) is 22.0. The van der Waals surface area contributed by atoms with Crippen molar-refractivity contribution >= 4 is 22.8 Å². The number of quaternary nitrogens is 1. The van der Waals surface area contributed by atoms with E-state index in [-0.39, 0.29) is 11.4 Å². The normalized spacial score (nSPS) is 16.2. The second-order valence-corrected chi connectivity index (χ2v) is 7.96. The molecule has 2 aromatic rings. The molecule has 2 aromatic carbocycles. The van der Waals surface area contributed by atoms with Gasteiger partial charge in [-0.3, -0.25) is 4.79 Å². The number of carbonyl (C=O) groups excluding carboxylic acids is 1. The predicted octanol–water partition coefficient (Wildman–Crippen LogP) is 1.29. The zero-order valence-electron chi connectivity index (χ0n) is 18.3. The molecule has 2 heterocycles. The monoisotopic (exact) mass is 418 g/mol. The van der Waals surface area contributed by atoms with Crippen LogP contribution >= 0.6 is 0 Å². The Balaban J connectivity index is 1.44. The first kappa shape index (κ1) is 20.8. The van der Waals surface area contributed by atoms with Gasteiger partial charge in [0.25, 0.3) is 0 Å². The van der Waals surface area contributed by atoms with E-state index in [2.05, 4.69) is 17.0 Å². The van der Waals surface area contributed by atoms with Crippen LogP contribution in [0.2, 0.25) is 0 Å². The van der Waals surface area contributed by atoms with Crippen LogP contribution < -0.4 is 24.3 Å². The standard InChI is InChI=1S/C24H27N5O2/c1-26-21-9-4-5-10-22(21)27(2)24(26)20(16-25)23(30)17-28-11-13-29(14-12-28)18-7-6-8-19(15-18)31-3/h4-10,15H,11-14,17H2,1-3H3/p+1. The number of hydrogen-bond donors (Lipinski definition) is 1. The van der Waals surface area contributed by atoms with Gasteiger partial charge >= 0.3 is 0 Å². The van der Waals surface area contributed by atoms with Gasteiger partial charge in [0.2, 0.25) is 5.78 Å². The molecule has 0 amide bonds. The van der Waals surface area contributed by atoms with Gasteiger partial charge in [0.05, 0.1) is 44.7 Å². The summed E-state index contributed by atoms with van der Waals surface area (Å²) in [5.41, 5.74) is 3.36. The molecule has 2 aliphatic rings. The molecule has 7 heteroatoms. The first-order chi connectivity index (χ1) is 15.0. The molecule has 0 unspecified atom stereocenters.